The SMILES string of the molecule is COc1cc(C=C(C#N)C(=O)OC(C)C)ccc1OC(C)C. The fraction of sp³-hybridized carbons (Fsp3) is 0.412. The number of rotatable bonds is 6. The van der Waals surface area contributed by atoms with Crippen molar-refractivity contribution < 1.29 is 19.0 Å². The quantitative estimate of drug-likeness (QED) is 0.458. The van der Waals surface area contributed by atoms with E-state index in [1.54, 1.807) is 32.0 Å². The monoisotopic (exact) mass is 303 g/mol. The van der Waals surface area contributed by atoms with Gasteiger partial charge in [0.15, 0.2) is 11.5 Å². The molecule has 118 valence electrons. The van der Waals surface area contributed by atoms with E-state index in [4.69, 9.17) is 19.5 Å². The first kappa shape index (κ1) is 17.6. The van der Waals surface area contributed by atoms with Gasteiger partial charge in [-0.25, -0.2) is 4.79 Å². The second-order valence-corrected chi connectivity index (χ2v) is 5.20. The van der Waals surface area contributed by atoms with Gasteiger partial charge in [-0.1, -0.05) is 6.07 Å². The average Bonchev–Trinajstić information content (AvgIpc) is 2.44. The fourth-order valence-corrected chi connectivity index (χ4v) is 1.71. The van der Waals surface area contributed by atoms with Gasteiger partial charge in [0.1, 0.15) is 11.6 Å². The summed E-state index contributed by atoms with van der Waals surface area (Å²) in [5.41, 5.74) is 0.596. The van der Waals surface area contributed by atoms with Crippen LogP contribution in [0, 0.1) is 11.3 Å². The summed E-state index contributed by atoms with van der Waals surface area (Å²) < 4.78 is 15.9. The number of ether oxygens (including phenoxy) is 3. The van der Waals surface area contributed by atoms with Gasteiger partial charge in [-0.3, -0.25) is 0 Å². The molecule has 0 unspecified atom stereocenters. The molecule has 0 fully saturated rings. The molecule has 1 aromatic rings. The van der Waals surface area contributed by atoms with E-state index >= 15 is 0 Å². The topological polar surface area (TPSA) is 68.5 Å². The highest BCUT2D eigenvalue weighted by Gasteiger charge is 2.13. The molecule has 0 aliphatic carbocycles. The second kappa shape index (κ2) is 8.08. The van der Waals surface area contributed by atoms with Crippen LogP contribution in [0.4, 0.5) is 0 Å². The number of methoxy groups -OCH3 is 1. The molecule has 0 bridgehead atoms. The smallest absolute Gasteiger partial charge is 0.349 e. The molecule has 5 nitrogen and oxygen atoms in total. The number of carbonyl (C=O) groups excluding carboxylic acids is 1. The summed E-state index contributed by atoms with van der Waals surface area (Å²) in [7, 11) is 1.54. The lowest BCUT2D eigenvalue weighted by atomic mass is 10.1. The van der Waals surface area contributed by atoms with Gasteiger partial charge < -0.3 is 14.2 Å². The minimum absolute atomic E-state index is 0.0194. The summed E-state index contributed by atoms with van der Waals surface area (Å²) in [5, 5.41) is 9.10. The van der Waals surface area contributed by atoms with E-state index in [0.29, 0.717) is 17.1 Å². The standard InChI is InChI=1S/C17H21NO4/c1-11(2)21-15-7-6-13(9-16(15)20-5)8-14(10-18)17(19)22-12(3)4/h6-9,11-12H,1-5H3. The second-order valence-electron chi connectivity index (χ2n) is 5.20. The van der Waals surface area contributed by atoms with Gasteiger partial charge in [0.05, 0.1) is 19.3 Å². The summed E-state index contributed by atoms with van der Waals surface area (Å²) in [5.74, 6) is 0.508. The Labute approximate surface area is 131 Å². The molecule has 0 heterocycles. The van der Waals surface area contributed by atoms with Crippen LogP contribution in [0.2, 0.25) is 0 Å². The van der Waals surface area contributed by atoms with Gasteiger partial charge in [-0.2, -0.15) is 5.26 Å². The van der Waals surface area contributed by atoms with Crippen LogP contribution in [0.15, 0.2) is 23.8 Å². The molecule has 0 saturated heterocycles. The number of esters is 1. The molecule has 0 N–H and O–H groups in total. The van der Waals surface area contributed by atoms with Crippen molar-refractivity contribution >= 4 is 12.0 Å². The van der Waals surface area contributed by atoms with Gasteiger partial charge in [-0.15, -0.1) is 0 Å². The molecule has 0 saturated carbocycles. The Kier molecular flexibility index (Phi) is 6.46. The Morgan fingerprint density at radius 1 is 1.18 bits per heavy atom. The Morgan fingerprint density at radius 2 is 1.86 bits per heavy atom. The number of benzene rings is 1. The van der Waals surface area contributed by atoms with Gasteiger partial charge in [0.25, 0.3) is 0 Å². The van der Waals surface area contributed by atoms with Crippen LogP contribution in [-0.2, 0) is 9.53 Å². The lowest BCUT2D eigenvalue weighted by Crippen LogP contribution is -2.12. The molecule has 0 aliphatic rings. The Hall–Kier alpha value is -2.48. The van der Waals surface area contributed by atoms with Gasteiger partial charge >= 0.3 is 5.97 Å². The number of hydrogen-bond acceptors (Lipinski definition) is 5. The van der Waals surface area contributed by atoms with Crippen LogP contribution in [0.1, 0.15) is 33.3 Å². The highest BCUT2D eigenvalue weighted by molar-refractivity contribution is 5.98. The van der Waals surface area contributed by atoms with Crippen molar-refractivity contribution in [1.82, 2.24) is 0 Å². The Morgan fingerprint density at radius 3 is 2.36 bits per heavy atom. The van der Waals surface area contributed by atoms with Gasteiger partial charge in [-0.05, 0) is 51.5 Å². The predicted octanol–water partition coefficient (Wildman–Crippen LogP) is 3.34. The highest BCUT2D eigenvalue weighted by Crippen LogP contribution is 2.29. The molecule has 1 rings (SSSR count). The van der Waals surface area contributed by atoms with Crippen molar-refractivity contribution in [2.24, 2.45) is 0 Å². The van der Waals surface area contributed by atoms with Gasteiger partial charge in [0.2, 0.25) is 0 Å². The van der Waals surface area contributed by atoms with Crippen molar-refractivity contribution in [2.75, 3.05) is 7.11 Å². The zero-order chi connectivity index (χ0) is 16.7. The molecular formula is C17H21NO4. The molecule has 0 amide bonds. The van der Waals surface area contributed by atoms with Crippen LogP contribution in [0.3, 0.4) is 0 Å². The average molecular weight is 303 g/mol. The summed E-state index contributed by atoms with van der Waals surface area (Å²) in [6, 6.07) is 7.05. The molecular weight excluding hydrogens is 282 g/mol. The first-order valence-corrected chi connectivity index (χ1v) is 7.04. The minimum atomic E-state index is -0.640. The zero-order valence-corrected chi connectivity index (χ0v) is 13.5. The molecule has 0 spiro atoms. The lowest BCUT2D eigenvalue weighted by Gasteiger charge is -2.14. The van der Waals surface area contributed by atoms with Crippen molar-refractivity contribution in [3.8, 4) is 17.6 Å². The van der Waals surface area contributed by atoms with Crippen LogP contribution >= 0.6 is 0 Å². The minimum Gasteiger partial charge on any atom is -0.493 e. The number of nitriles is 1. The van der Waals surface area contributed by atoms with Crippen LogP contribution in [0.5, 0.6) is 11.5 Å². The van der Waals surface area contributed by atoms with Gasteiger partial charge in [0, 0.05) is 0 Å². The number of nitrogens with zero attached hydrogens (tertiary/aromatic N) is 1. The Bertz CT molecular complexity index is 597. The third-order valence-corrected chi connectivity index (χ3v) is 2.54. The maximum atomic E-state index is 11.8. The number of carbonyl (C=O) groups is 1. The van der Waals surface area contributed by atoms with E-state index in [0.717, 1.165) is 0 Å². The molecule has 0 radical (unpaired) electrons. The van der Waals surface area contributed by atoms with E-state index in [1.807, 2.05) is 19.9 Å². The molecule has 22 heavy (non-hydrogen) atoms. The van der Waals surface area contributed by atoms with Crippen LogP contribution < -0.4 is 9.47 Å². The fourth-order valence-electron chi connectivity index (χ4n) is 1.71. The summed E-state index contributed by atoms with van der Waals surface area (Å²) in [6.45, 7) is 7.30. The molecule has 5 heteroatoms. The predicted molar refractivity (Wildman–Crippen MR) is 83.6 cm³/mol. The lowest BCUT2D eigenvalue weighted by molar-refractivity contribution is -0.142. The maximum Gasteiger partial charge on any atom is 0.349 e. The number of hydrogen-bond donors (Lipinski definition) is 0. The first-order valence-electron chi connectivity index (χ1n) is 7.04. The van der Waals surface area contributed by atoms with Crippen molar-refractivity contribution in [1.29, 1.82) is 5.26 Å². The third kappa shape index (κ3) is 5.13. The summed E-state index contributed by atoms with van der Waals surface area (Å²) in [6.07, 6.45) is 1.21. The van der Waals surface area contributed by atoms with Crippen LogP contribution in [-0.4, -0.2) is 25.3 Å². The summed E-state index contributed by atoms with van der Waals surface area (Å²) >= 11 is 0. The highest BCUT2D eigenvalue weighted by atomic mass is 16.5. The zero-order valence-electron chi connectivity index (χ0n) is 13.5. The normalized spacial score (nSPS) is 11.3. The molecule has 0 aromatic heterocycles. The third-order valence-electron chi connectivity index (χ3n) is 2.54. The largest absolute Gasteiger partial charge is 0.493 e. The van der Waals surface area contributed by atoms with E-state index in [9.17, 15) is 4.79 Å². The van der Waals surface area contributed by atoms with Crippen molar-refractivity contribution in [3.63, 3.8) is 0 Å². The summed E-state index contributed by atoms with van der Waals surface area (Å²) in [4.78, 5) is 11.8. The van der Waals surface area contributed by atoms with Crippen molar-refractivity contribution in [3.05, 3.63) is 29.3 Å². The van der Waals surface area contributed by atoms with Crippen LogP contribution in [0.25, 0.3) is 6.08 Å². The molecule has 0 aliphatic heterocycles. The Balaban J connectivity index is 3.08. The van der Waals surface area contributed by atoms with Crippen molar-refractivity contribution in [2.45, 2.75) is 39.9 Å². The van der Waals surface area contributed by atoms with E-state index in [1.165, 1.54) is 13.2 Å². The molecule has 1 aromatic carbocycles. The van der Waals surface area contributed by atoms with E-state index < -0.39 is 5.97 Å². The maximum absolute atomic E-state index is 11.8. The van der Waals surface area contributed by atoms with E-state index in [2.05, 4.69) is 0 Å². The molecule has 0 atom stereocenters. The van der Waals surface area contributed by atoms with E-state index in [-0.39, 0.29) is 17.8 Å². The first-order chi connectivity index (χ1) is 10.4.